The van der Waals surface area contributed by atoms with Crippen molar-refractivity contribution in [3.8, 4) is 11.5 Å². The van der Waals surface area contributed by atoms with Gasteiger partial charge >= 0.3 is 0 Å². The van der Waals surface area contributed by atoms with Gasteiger partial charge < -0.3 is 15.0 Å². The van der Waals surface area contributed by atoms with Gasteiger partial charge in [0.25, 0.3) is 0 Å². The minimum absolute atomic E-state index is 0.0706. The first-order valence-electron chi connectivity index (χ1n) is 13.7. The molecule has 1 aliphatic carbocycles. The number of nitrogens with zero attached hydrogens (tertiary/aromatic N) is 2. The highest BCUT2D eigenvalue weighted by atomic mass is 19.1. The number of aromatic nitrogens is 2. The largest absolute Gasteiger partial charge is 0.454 e. The van der Waals surface area contributed by atoms with Crippen LogP contribution >= 0.6 is 0 Å². The number of fused-ring (bicyclic) bond motifs is 1. The first-order valence-corrected chi connectivity index (χ1v) is 13.7. The number of hydrogen-bond acceptors (Lipinski definition) is 4. The van der Waals surface area contributed by atoms with Crippen molar-refractivity contribution < 1.29 is 13.9 Å². The maximum atomic E-state index is 14.1. The van der Waals surface area contributed by atoms with Gasteiger partial charge in [0.1, 0.15) is 11.5 Å². The Hall–Kier alpha value is -2.89. The Labute approximate surface area is 214 Å². The van der Waals surface area contributed by atoms with Crippen LogP contribution in [0.15, 0.2) is 42.5 Å². The number of nitrogen functional groups attached to an aromatic ring is 1. The molecule has 0 saturated heterocycles. The molecule has 5 nitrogen and oxygen atoms in total. The van der Waals surface area contributed by atoms with Crippen LogP contribution in [0.25, 0.3) is 11.0 Å². The van der Waals surface area contributed by atoms with Gasteiger partial charge in [-0.25, -0.2) is 9.37 Å². The number of anilines is 1. The Balaban J connectivity index is 1.55. The molecular weight excluding hydrogens is 453 g/mol. The second-order valence-corrected chi connectivity index (χ2v) is 10.3. The molecule has 1 aliphatic rings. The number of imidazole rings is 1. The molecule has 0 spiro atoms. The van der Waals surface area contributed by atoms with Crippen LogP contribution in [0.5, 0.6) is 11.5 Å². The SMILES string of the molecule is CCCC(C(=O)CCC(CCC)n1c(N)nc2ccc(Oc3ccccc3F)cc21)C1CCCCC1. The van der Waals surface area contributed by atoms with Crippen LogP contribution < -0.4 is 10.5 Å². The monoisotopic (exact) mass is 493 g/mol. The standard InChI is InChI=1S/C30H40FN3O2/c1-3-10-22(16-19-28(35)24(11-4-2)21-12-6-5-7-13-21)34-27-20-23(17-18-26(27)33-30(34)32)36-29-15-9-8-14-25(29)31/h8-9,14-15,17-18,20-22,24H,3-7,10-13,16,19H2,1-2H3,(H2,32,33). The number of ether oxygens (including phenoxy) is 1. The molecule has 2 atom stereocenters. The Morgan fingerprint density at radius 1 is 1.08 bits per heavy atom. The Morgan fingerprint density at radius 3 is 2.56 bits per heavy atom. The lowest BCUT2D eigenvalue weighted by atomic mass is 9.75. The molecule has 0 aliphatic heterocycles. The minimum Gasteiger partial charge on any atom is -0.454 e. The van der Waals surface area contributed by atoms with Crippen molar-refractivity contribution in [3.63, 3.8) is 0 Å². The van der Waals surface area contributed by atoms with E-state index in [9.17, 15) is 9.18 Å². The third-order valence-electron chi connectivity index (χ3n) is 7.70. The maximum Gasteiger partial charge on any atom is 0.201 e. The molecule has 2 N–H and O–H groups in total. The quantitative estimate of drug-likeness (QED) is 0.276. The van der Waals surface area contributed by atoms with Gasteiger partial charge in [-0.3, -0.25) is 4.79 Å². The number of Topliss-reactive ketones (excluding diaryl/α,β-unsaturated/α-hetero) is 1. The van der Waals surface area contributed by atoms with Gasteiger partial charge in [0.15, 0.2) is 11.6 Å². The summed E-state index contributed by atoms with van der Waals surface area (Å²) in [4.78, 5) is 18.0. The van der Waals surface area contributed by atoms with Crippen molar-refractivity contribution in [1.29, 1.82) is 0 Å². The molecule has 1 fully saturated rings. The highest BCUT2D eigenvalue weighted by molar-refractivity contribution is 5.82. The summed E-state index contributed by atoms with van der Waals surface area (Å²) in [5, 5.41) is 0. The molecule has 1 saturated carbocycles. The van der Waals surface area contributed by atoms with Crippen molar-refractivity contribution in [3.05, 3.63) is 48.3 Å². The van der Waals surface area contributed by atoms with E-state index in [0.717, 1.165) is 43.1 Å². The highest BCUT2D eigenvalue weighted by Gasteiger charge is 2.29. The van der Waals surface area contributed by atoms with Crippen LogP contribution in [0.1, 0.15) is 90.5 Å². The second kappa shape index (κ2) is 12.4. The normalized spacial score (nSPS) is 16.2. The van der Waals surface area contributed by atoms with Gasteiger partial charge in [-0.05, 0) is 62.3 Å². The highest BCUT2D eigenvalue weighted by Crippen LogP contribution is 2.36. The number of carbonyl (C=O) groups excluding carboxylic acids is 1. The topological polar surface area (TPSA) is 70.1 Å². The van der Waals surface area contributed by atoms with Gasteiger partial charge in [-0.15, -0.1) is 0 Å². The van der Waals surface area contributed by atoms with Crippen molar-refractivity contribution in [2.75, 3.05) is 5.73 Å². The smallest absolute Gasteiger partial charge is 0.201 e. The summed E-state index contributed by atoms with van der Waals surface area (Å²) >= 11 is 0. The molecule has 4 rings (SSSR count). The summed E-state index contributed by atoms with van der Waals surface area (Å²) in [7, 11) is 0. The number of ketones is 1. The Kier molecular flexibility index (Phi) is 9.00. The molecule has 36 heavy (non-hydrogen) atoms. The number of nitrogens with two attached hydrogens (primary N) is 1. The van der Waals surface area contributed by atoms with Gasteiger partial charge in [-0.2, -0.15) is 0 Å². The molecule has 3 aromatic rings. The third-order valence-corrected chi connectivity index (χ3v) is 7.70. The van der Waals surface area contributed by atoms with Crippen LogP contribution in [0, 0.1) is 17.7 Å². The molecule has 1 aromatic heterocycles. The van der Waals surface area contributed by atoms with Crippen LogP contribution in [0.2, 0.25) is 0 Å². The van der Waals surface area contributed by atoms with E-state index < -0.39 is 5.82 Å². The summed E-state index contributed by atoms with van der Waals surface area (Å²) in [5.41, 5.74) is 8.03. The van der Waals surface area contributed by atoms with E-state index in [1.165, 1.54) is 38.2 Å². The van der Waals surface area contributed by atoms with Crippen LogP contribution in [-0.2, 0) is 4.79 Å². The lowest BCUT2D eigenvalue weighted by molar-refractivity contribution is -0.125. The van der Waals surface area contributed by atoms with Gasteiger partial charge in [0.05, 0.1) is 11.0 Å². The fourth-order valence-electron chi connectivity index (χ4n) is 5.93. The Morgan fingerprint density at radius 2 is 1.83 bits per heavy atom. The average Bonchev–Trinajstić information content (AvgIpc) is 3.21. The first-order chi connectivity index (χ1) is 17.5. The van der Waals surface area contributed by atoms with Crippen molar-refractivity contribution in [2.24, 2.45) is 11.8 Å². The lowest BCUT2D eigenvalue weighted by Gasteiger charge is -2.30. The van der Waals surface area contributed by atoms with E-state index in [0.29, 0.717) is 29.8 Å². The Bertz CT molecular complexity index is 1150. The summed E-state index contributed by atoms with van der Waals surface area (Å²) in [5.74, 6) is 1.89. The van der Waals surface area contributed by atoms with Crippen LogP contribution in [0.4, 0.5) is 10.3 Å². The summed E-state index contributed by atoms with van der Waals surface area (Å²) in [6.07, 6.45) is 11.4. The second-order valence-electron chi connectivity index (χ2n) is 10.3. The maximum absolute atomic E-state index is 14.1. The summed E-state index contributed by atoms with van der Waals surface area (Å²) in [6, 6.07) is 11.9. The molecule has 0 bridgehead atoms. The van der Waals surface area contributed by atoms with Gasteiger partial charge in [0, 0.05) is 24.4 Å². The van der Waals surface area contributed by atoms with E-state index in [1.54, 1.807) is 24.3 Å². The molecule has 2 unspecified atom stereocenters. The molecule has 2 aromatic carbocycles. The van der Waals surface area contributed by atoms with Crippen molar-refractivity contribution in [1.82, 2.24) is 9.55 Å². The van der Waals surface area contributed by atoms with Crippen molar-refractivity contribution in [2.45, 2.75) is 90.5 Å². The predicted octanol–water partition coefficient (Wildman–Crippen LogP) is 8.24. The predicted molar refractivity (Wildman–Crippen MR) is 144 cm³/mol. The number of para-hydroxylation sites is 1. The number of carbonyl (C=O) groups is 1. The molecule has 6 heteroatoms. The van der Waals surface area contributed by atoms with E-state index in [4.69, 9.17) is 10.5 Å². The fourth-order valence-corrected chi connectivity index (χ4v) is 5.93. The zero-order valence-electron chi connectivity index (χ0n) is 21.7. The zero-order chi connectivity index (χ0) is 25.5. The minimum atomic E-state index is -0.410. The number of halogens is 1. The average molecular weight is 494 g/mol. The van der Waals surface area contributed by atoms with E-state index in [1.807, 2.05) is 12.1 Å². The van der Waals surface area contributed by atoms with Crippen molar-refractivity contribution >= 4 is 22.8 Å². The molecule has 0 amide bonds. The van der Waals surface area contributed by atoms with Crippen LogP contribution in [-0.4, -0.2) is 15.3 Å². The summed E-state index contributed by atoms with van der Waals surface area (Å²) in [6.45, 7) is 4.33. The van der Waals surface area contributed by atoms with Gasteiger partial charge in [-0.1, -0.05) is 58.1 Å². The summed E-state index contributed by atoms with van der Waals surface area (Å²) < 4.78 is 22.0. The zero-order valence-corrected chi connectivity index (χ0v) is 21.7. The number of benzene rings is 2. The molecule has 194 valence electrons. The molecular formula is C30H40FN3O2. The van der Waals surface area contributed by atoms with E-state index >= 15 is 0 Å². The molecule has 0 radical (unpaired) electrons. The van der Waals surface area contributed by atoms with E-state index in [-0.39, 0.29) is 17.7 Å². The van der Waals surface area contributed by atoms with Crippen LogP contribution in [0.3, 0.4) is 0 Å². The van der Waals surface area contributed by atoms with E-state index in [2.05, 4.69) is 23.4 Å². The number of hydrogen-bond donors (Lipinski definition) is 1. The third kappa shape index (κ3) is 6.08. The lowest BCUT2D eigenvalue weighted by Crippen LogP contribution is -2.26. The fraction of sp³-hybridized carbons (Fsp3) is 0.533. The molecule has 1 heterocycles. The first kappa shape index (κ1) is 26.2. The van der Waals surface area contributed by atoms with Gasteiger partial charge in [0.2, 0.25) is 5.95 Å². The number of rotatable bonds is 12.